The SMILES string of the molecule is O=c1c(-c2cccnc2)c[nH]n1-c1cc(N2CCC(N3CCCC3)CC2)ncn1. The van der Waals surface area contributed by atoms with E-state index in [2.05, 4.69) is 29.9 Å². The fourth-order valence-corrected chi connectivity index (χ4v) is 4.47. The molecule has 150 valence electrons. The zero-order valence-corrected chi connectivity index (χ0v) is 16.4. The monoisotopic (exact) mass is 391 g/mol. The Morgan fingerprint density at radius 2 is 1.83 bits per heavy atom. The maximum atomic E-state index is 12.9. The second-order valence-electron chi connectivity index (χ2n) is 7.77. The lowest BCUT2D eigenvalue weighted by Gasteiger charge is -2.37. The van der Waals surface area contributed by atoms with Crippen LogP contribution < -0.4 is 10.5 Å². The van der Waals surface area contributed by atoms with Crippen LogP contribution in [0, 0.1) is 0 Å². The van der Waals surface area contributed by atoms with Crippen LogP contribution in [0.5, 0.6) is 0 Å². The number of H-pyrrole nitrogens is 1. The van der Waals surface area contributed by atoms with Gasteiger partial charge < -0.3 is 9.80 Å². The zero-order chi connectivity index (χ0) is 19.6. The molecular formula is C21H25N7O. The minimum Gasteiger partial charge on any atom is -0.356 e. The first-order chi connectivity index (χ1) is 14.3. The quantitative estimate of drug-likeness (QED) is 0.733. The maximum Gasteiger partial charge on any atom is 0.280 e. The highest BCUT2D eigenvalue weighted by Crippen LogP contribution is 2.24. The van der Waals surface area contributed by atoms with Crippen LogP contribution in [-0.2, 0) is 0 Å². The maximum absolute atomic E-state index is 12.9. The summed E-state index contributed by atoms with van der Waals surface area (Å²) in [6.07, 6.45) is 11.6. The second-order valence-corrected chi connectivity index (χ2v) is 7.77. The van der Waals surface area contributed by atoms with Gasteiger partial charge in [-0.05, 0) is 44.8 Å². The van der Waals surface area contributed by atoms with Gasteiger partial charge in [-0.2, -0.15) is 0 Å². The molecule has 0 spiro atoms. The van der Waals surface area contributed by atoms with Crippen LogP contribution in [-0.4, -0.2) is 61.9 Å². The zero-order valence-electron chi connectivity index (χ0n) is 16.4. The van der Waals surface area contributed by atoms with E-state index in [-0.39, 0.29) is 5.56 Å². The molecule has 29 heavy (non-hydrogen) atoms. The normalized spacial score (nSPS) is 18.4. The Hall–Kier alpha value is -3.00. The number of aromatic nitrogens is 5. The Balaban J connectivity index is 1.34. The number of hydrogen-bond donors (Lipinski definition) is 1. The highest BCUT2D eigenvalue weighted by atomic mass is 16.1. The van der Waals surface area contributed by atoms with Crippen LogP contribution in [0.3, 0.4) is 0 Å². The lowest BCUT2D eigenvalue weighted by molar-refractivity contribution is 0.207. The lowest BCUT2D eigenvalue weighted by atomic mass is 10.0. The molecule has 5 heterocycles. The topological polar surface area (TPSA) is 82.9 Å². The highest BCUT2D eigenvalue weighted by Gasteiger charge is 2.27. The van der Waals surface area contributed by atoms with Gasteiger partial charge >= 0.3 is 0 Å². The Kier molecular flexibility index (Phi) is 4.85. The molecule has 5 rings (SSSR count). The predicted octanol–water partition coefficient (Wildman–Crippen LogP) is 2.08. The van der Waals surface area contributed by atoms with E-state index >= 15 is 0 Å². The molecule has 3 aromatic heterocycles. The Labute approximate surface area is 169 Å². The van der Waals surface area contributed by atoms with E-state index in [4.69, 9.17) is 0 Å². The number of hydrogen-bond acceptors (Lipinski definition) is 6. The summed E-state index contributed by atoms with van der Waals surface area (Å²) in [5, 5.41) is 3.02. The van der Waals surface area contributed by atoms with Crippen molar-refractivity contribution in [1.82, 2.24) is 29.6 Å². The van der Waals surface area contributed by atoms with E-state index in [0.717, 1.165) is 37.3 Å². The van der Waals surface area contributed by atoms with E-state index in [9.17, 15) is 4.79 Å². The average Bonchev–Trinajstić information content (AvgIpc) is 3.45. The van der Waals surface area contributed by atoms with Crippen molar-refractivity contribution < 1.29 is 0 Å². The van der Waals surface area contributed by atoms with Crippen molar-refractivity contribution in [2.24, 2.45) is 0 Å². The van der Waals surface area contributed by atoms with Gasteiger partial charge in [0.15, 0.2) is 5.82 Å². The van der Waals surface area contributed by atoms with Crippen LogP contribution in [0.1, 0.15) is 25.7 Å². The van der Waals surface area contributed by atoms with Gasteiger partial charge in [-0.25, -0.2) is 14.6 Å². The molecule has 0 aliphatic carbocycles. The van der Waals surface area contributed by atoms with Crippen molar-refractivity contribution in [1.29, 1.82) is 0 Å². The van der Waals surface area contributed by atoms with Crippen LogP contribution in [0.15, 0.2) is 47.9 Å². The highest BCUT2D eigenvalue weighted by molar-refractivity contribution is 5.60. The first-order valence-electron chi connectivity index (χ1n) is 10.3. The Morgan fingerprint density at radius 1 is 1.03 bits per heavy atom. The third-order valence-electron chi connectivity index (χ3n) is 6.06. The molecule has 0 amide bonds. The van der Waals surface area contributed by atoms with Gasteiger partial charge in [0.1, 0.15) is 12.1 Å². The number of aromatic amines is 1. The summed E-state index contributed by atoms with van der Waals surface area (Å²) in [5.74, 6) is 1.43. The van der Waals surface area contributed by atoms with Crippen LogP contribution in [0.4, 0.5) is 5.82 Å². The molecule has 0 aromatic carbocycles. The van der Waals surface area contributed by atoms with Crippen molar-refractivity contribution in [3.05, 3.63) is 53.5 Å². The molecule has 2 fully saturated rings. The standard InChI is InChI=1S/C21H25N7O/c29-21-18(16-4-3-7-22-13-16)14-25-28(21)20-12-19(23-15-24-20)27-10-5-17(6-11-27)26-8-1-2-9-26/h3-4,7,12-15,17,25H,1-2,5-6,8-11H2. The van der Waals surface area contributed by atoms with Gasteiger partial charge in [-0.15, -0.1) is 0 Å². The van der Waals surface area contributed by atoms with Crippen molar-refractivity contribution in [2.75, 3.05) is 31.1 Å². The van der Waals surface area contributed by atoms with Gasteiger partial charge in [0, 0.05) is 49.4 Å². The fraction of sp³-hybridized carbons (Fsp3) is 0.429. The van der Waals surface area contributed by atoms with Gasteiger partial charge in [0.2, 0.25) is 0 Å². The molecule has 2 saturated heterocycles. The molecule has 1 N–H and O–H groups in total. The minimum absolute atomic E-state index is 0.143. The second kappa shape index (κ2) is 7.79. The summed E-state index contributed by atoms with van der Waals surface area (Å²) in [5.41, 5.74) is 1.21. The number of anilines is 1. The molecule has 2 aliphatic heterocycles. The Morgan fingerprint density at radius 3 is 2.59 bits per heavy atom. The van der Waals surface area contributed by atoms with Crippen LogP contribution in [0.25, 0.3) is 16.9 Å². The third-order valence-corrected chi connectivity index (χ3v) is 6.06. The number of rotatable bonds is 4. The molecule has 0 atom stereocenters. The molecule has 2 aliphatic rings. The van der Waals surface area contributed by atoms with E-state index in [1.165, 1.54) is 36.9 Å². The fourth-order valence-electron chi connectivity index (χ4n) is 4.47. The minimum atomic E-state index is -0.143. The number of pyridine rings is 1. The average molecular weight is 391 g/mol. The predicted molar refractivity (Wildman–Crippen MR) is 111 cm³/mol. The van der Waals surface area contributed by atoms with Gasteiger partial charge in [-0.1, -0.05) is 6.07 Å². The first-order valence-corrected chi connectivity index (χ1v) is 10.3. The van der Waals surface area contributed by atoms with Crippen LogP contribution >= 0.6 is 0 Å². The number of piperidine rings is 1. The Bertz CT molecular complexity index is 1010. The summed E-state index contributed by atoms with van der Waals surface area (Å²) in [4.78, 5) is 30.7. The number of likely N-dealkylation sites (tertiary alicyclic amines) is 1. The lowest BCUT2D eigenvalue weighted by Crippen LogP contribution is -2.44. The molecule has 0 bridgehead atoms. The van der Waals surface area contributed by atoms with Crippen molar-refractivity contribution in [2.45, 2.75) is 31.7 Å². The summed E-state index contributed by atoms with van der Waals surface area (Å²) >= 11 is 0. The van der Waals surface area contributed by atoms with Gasteiger partial charge in [0.05, 0.1) is 5.56 Å². The molecule has 8 heteroatoms. The molecule has 0 saturated carbocycles. The largest absolute Gasteiger partial charge is 0.356 e. The van der Waals surface area contributed by atoms with Crippen molar-refractivity contribution in [3.8, 4) is 16.9 Å². The number of nitrogens with one attached hydrogen (secondary N) is 1. The van der Waals surface area contributed by atoms with E-state index in [1.807, 2.05) is 18.2 Å². The van der Waals surface area contributed by atoms with Crippen molar-refractivity contribution >= 4 is 5.82 Å². The summed E-state index contributed by atoms with van der Waals surface area (Å²) in [6, 6.07) is 6.28. The smallest absolute Gasteiger partial charge is 0.280 e. The van der Waals surface area contributed by atoms with E-state index in [0.29, 0.717) is 17.4 Å². The van der Waals surface area contributed by atoms with Gasteiger partial charge in [0.25, 0.3) is 5.56 Å². The molecule has 0 radical (unpaired) electrons. The molecule has 0 unspecified atom stereocenters. The summed E-state index contributed by atoms with van der Waals surface area (Å²) < 4.78 is 1.46. The third kappa shape index (κ3) is 3.55. The van der Waals surface area contributed by atoms with E-state index in [1.54, 1.807) is 18.6 Å². The van der Waals surface area contributed by atoms with E-state index < -0.39 is 0 Å². The number of nitrogens with zero attached hydrogens (tertiary/aromatic N) is 6. The summed E-state index contributed by atoms with van der Waals surface area (Å²) in [6.45, 7) is 4.46. The van der Waals surface area contributed by atoms with Crippen LogP contribution in [0.2, 0.25) is 0 Å². The van der Waals surface area contributed by atoms with Gasteiger partial charge in [-0.3, -0.25) is 14.9 Å². The van der Waals surface area contributed by atoms with Crippen molar-refractivity contribution in [3.63, 3.8) is 0 Å². The first kappa shape index (κ1) is 18.1. The molecular weight excluding hydrogens is 366 g/mol. The molecule has 3 aromatic rings. The molecule has 8 nitrogen and oxygen atoms in total. The summed E-state index contributed by atoms with van der Waals surface area (Å²) in [7, 11) is 0.